The maximum Gasteiger partial charge on any atom is 0.295 e. The fourth-order valence-corrected chi connectivity index (χ4v) is 2.16. The number of nitrogens with one attached hydrogen (secondary N) is 1. The predicted molar refractivity (Wildman–Crippen MR) is 85.8 cm³/mol. The number of amides is 1. The largest absolute Gasteiger partial charge is 0.319 e. The Kier molecular flexibility index (Phi) is 5.07. The summed E-state index contributed by atoms with van der Waals surface area (Å²) in [6.07, 6.45) is 0. The number of carbonyl (C=O) groups is 1. The van der Waals surface area contributed by atoms with Gasteiger partial charge in [0.15, 0.2) is 5.02 Å². The number of non-ortho nitro benzene ring substituents is 1. The van der Waals surface area contributed by atoms with E-state index < -0.39 is 59.8 Å². The summed E-state index contributed by atoms with van der Waals surface area (Å²) in [4.78, 5) is 41.9. The van der Waals surface area contributed by atoms with Crippen LogP contribution in [0.15, 0.2) is 30.3 Å². The molecule has 0 aromatic heterocycles. The monoisotopic (exact) mass is 384 g/mol. The molecule has 1 N–H and O–H groups in total. The SMILES string of the molecule is O=C(Nc1cc([N+](=O)[O-])ccc1F)c1cc([N+](=O)[O-])c(Cl)c([N+](=O)[O-])c1. The molecule has 0 bridgehead atoms. The van der Waals surface area contributed by atoms with Crippen LogP contribution in [0.5, 0.6) is 0 Å². The molecule has 0 aliphatic heterocycles. The van der Waals surface area contributed by atoms with Crippen LogP contribution in [0.3, 0.4) is 0 Å². The average molecular weight is 385 g/mol. The summed E-state index contributed by atoms with van der Waals surface area (Å²) in [7, 11) is 0. The maximum atomic E-state index is 13.7. The average Bonchev–Trinajstić information content (AvgIpc) is 2.56. The van der Waals surface area contributed by atoms with Crippen molar-refractivity contribution in [1.29, 1.82) is 0 Å². The van der Waals surface area contributed by atoms with Gasteiger partial charge in [-0.2, -0.15) is 0 Å². The van der Waals surface area contributed by atoms with Crippen molar-refractivity contribution in [2.75, 3.05) is 5.32 Å². The summed E-state index contributed by atoms with van der Waals surface area (Å²) in [5.41, 5.74) is -3.45. The number of hydrogen-bond donors (Lipinski definition) is 1. The quantitative estimate of drug-likeness (QED) is 0.610. The van der Waals surface area contributed by atoms with E-state index in [1.807, 2.05) is 5.32 Å². The number of rotatable bonds is 5. The molecule has 0 saturated heterocycles. The fraction of sp³-hybridized carbons (Fsp3) is 0. The Morgan fingerprint density at radius 1 is 0.962 bits per heavy atom. The van der Waals surface area contributed by atoms with Gasteiger partial charge in [-0.1, -0.05) is 11.6 Å². The number of hydrogen-bond acceptors (Lipinski definition) is 7. The first kappa shape index (κ1) is 18.7. The van der Waals surface area contributed by atoms with Crippen LogP contribution < -0.4 is 5.32 Å². The van der Waals surface area contributed by atoms with Crippen molar-refractivity contribution in [3.05, 3.63) is 77.1 Å². The minimum Gasteiger partial charge on any atom is -0.319 e. The van der Waals surface area contributed by atoms with E-state index in [-0.39, 0.29) is 0 Å². The molecule has 0 unspecified atom stereocenters. The zero-order valence-electron chi connectivity index (χ0n) is 12.3. The van der Waals surface area contributed by atoms with Crippen molar-refractivity contribution in [2.45, 2.75) is 0 Å². The molecule has 0 fully saturated rings. The van der Waals surface area contributed by atoms with Crippen molar-refractivity contribution in [2.24, 2.45) is 0 Å². The molecule has 1 amide bonds. The van der Waals surface area contributed by atoms with Crippen LogP contribution in [-0.4, -0.2) is 20.7 Å². The zero-order valence-corrected chi connectivity index (χ0v) is 13.1. The van der Waals surface area contributed by atoms with Gasteiger partial charge < -0.3 is 5.32 Å². The van der Waals surface area contributed by atoms with E-state index in [2.05, 4.69) is 0 Å². The summed E-state index contributed by atoms with van der Waals surface area (Å²) < 4.78 is 13.7. The third kappa shape index (κ3) is 3.70. The molecule has 26 heavy (non-hydrogen) atoms. The third-order valence-corrected chi connectivity index (χ3v) is 3.49. The predicted octanol–water partition coefficient (Wildman–Crippen LogP) is 3.46. The number of benzene rings is 2. The molecule has 0 radical (unpaired) electrons. The molecule has 2 aromatic rings. The molecule has 0 heterocycles. The van der Waals surface area contributed by atoms with Crippen molar-refractivity contribution in [3.8, 4) is 0 Å². The highest BCUT2D eigenvalue weighted by Gasteiger charge is 2.27. The van der Waals surface area contributed by atoms with Gasteiger partial charge in [0.2, 0.25) is 0 Å². The summed E-state index contributed by atoms with van der Waals surface area (Å²) in [5.74, 6) is -2.17. The van der Waals surface area contributed by atoms with Gasteiger partial charge in [0.05, 0.1) is 26.0 Å². The summed E-state index contributed by atoms with van der Waals surface area (Å²) >= 11 is 5.57. The van der Waals surface area contributed by atoms with Crippen LogP contribution in [0.25, 0.3) is 0 Å². The molecular formula is C13H6ClFN4O7. The first-order valence-electron chi connectivity index (χ1n) is 6.49. The first-order chi connectivity index (χ1) is 12.1. The molecule has 0 saturated carbocycles. The highest BCUT2D eigenvalue weighted by molar-refractivity contribution is 6.35. The first-order valence-corrected chi connectivity index (χ1v) is 6.87. The maximum absolute atomic E-state index is 13.7. The van der Waals surface area contributed by atoms with Gasteiger partial charge in [-0.05, 0) is 6.07 Å². The molecule has 134 valence electrons. The Hall–Kier alpha value is -3.67. The lowest BCUT2D eigenvalue weighted by molar-refractivity contribution is -0.393. The molecule has 2 aromatic carbocycles. The number of nitro groups is 3. The second-order valence-corrected chi connectivity index (χ2v) is 5.10. The molecule has 2 rings (SSSR count). The molecule has 0 aliphatic carbocycles. The van der Waals surface area contributed by atoms with Crippen LogP contribution in [0.4, 0.5) is 27.1 Å². The zero-order chi connectivity index (χ0) is 19.6. The molecule has 13 heteroatoms. The van der Waals surface area contributed by atoms with Crippen LogP contribution in [0, 0.1) is 36.2 Å². The Balaban J connectivity index is 2.48. The van der Waals surface area contributed by atoms with Gasteiger partial charge in [0.1, 0.15) is 5.82 Å². The molecule has 11 nitrogen and oxygen atoms in total. The number of nitro benzene ring substituents is 3. The van der Waals surface area contributed by atoms with Gasteiger partial charge >= 0.3 is 0 Å². The van der Waals surface area contributed by atoms with Gasteiger partial charge in [-0.3, -0.25) is 35.1 Å². The highest BCUT2D eigenvalue weighted by atomic mass is 35.5. The fourth-order valence-electron chi connectivity index (χ4n) is 1.91. The van der Waals surface area contributed by atoms with Gasteiger partial charge in [0, 0.05) is 24.3 Å². The second-order valence-electron chi connectivity index (χ2n) is 4.72. The topological polar surface area (TPSA) is 159 Å². The molecule has 0 spiro atoms. The minimum atomic E-state index is -1.16. The number of anilines is 1. The van der Waals surface area contributed by atoms with E-state index in [9.17, 15) is 39.5 Å². The Morgan fingerprint density at radius 3 is 1.96 bits per heavy atom. The minimum absolute atomic E-state index is 0.519. The lowest BCUT2D eigenvalue weighted by Gasteiger charge is -2.07. The van der Waals surface area contributed by atoms with E-state index in [4.69, 9.17) is 11.6 Å². The van der Waals surface area contributed by atoms with Crippen molar-refractivity contribution in [1.82, 2.24) is 0 Å². The lowest BCUT2D eigenvalue weighted by atomic mass is 10.1. The van der Waals surface area contributed by atoms with Gasteiger partial charge in [-0.25, -0.2) is 4.39 Å². The normalized spacial score (nSPS) is 10.2. The van der Waals surface area contributed by atoms with Crippen LogP contribution >= 0.6 is 11.6 Å². The Morgan fingerprint density at radius 2 is 1.50 bits per heavy atom. The van der Waals surface area contributed by atoms with Crippen molar-refractivity contribution < 1.29 is 24.0 Å². The Bertz CT molecular complexity index is 930. The van der Waals surface area contributed by atoms with Crippen LogP contribution in [0.1, 0.15) is 10.4 Å². The molecule has 0 aliphatic rings. The standard InChI is InChI=1S/C13H6ClFN4O7/c14-12-10(18(23)24)3-6(4-11(12)19(25)26)13(20)16-9-5-7(17(21)22)1-2-8(9)15/h1-5H,(H,16,20). The third-order valence-electron chi connectivity index (χ3n) is 3.10. The van der Waals surface area contributed by atoms with E-state index >= 15 is 0 Å². The van der Waals surface area contributed by atoms with Crippen LogP contribution in [-0.2, 0) is 0 Å². The van der Waals surface area contributed by atoms with Gasteiger partial charge in [0.25, 0.3) is 23.0 Å². The van der Waals surface area contributed by atoms with E-state index in [1.54, 1.807) is 0 Å². The smallest absolute Gasteiger partial charge is 0.295 e. The number of nitrogens with zero attached hydrogens (tertiary/aromatic N) is 3. The van der Waals surface area contributed by atoms with Gasteiger partial charge in [-0.15, -0.1) is 0 Å². The second kappa shape index (κ2) is 7.06. The van der Waals surface area contributed by atoms with E-state index in [0.29, 0.717) is 12.1 Å². The summed E-state index contributed by atoms with van der Waals surface area (Å²) in [5, 5.41) is 33.8. The number of carbonyl (C=O) groups excluding carboxylic acids is 1. The lowest BCUT2D eigenvalue weighted by Crippen LogP contribution is -2.14. The van der Waals surface area contributed by atoms with Crippen molar-refractivity contribution >= 4 is 40.3 Å². The van der Waals surface area contributed by atoms with E-state index in [0.717, 1.165) is 18.2 Å². The van der Waals surface area contributed by atoms with Crippen molar-refractivity contribution in [3.63, 3.8) is 0 Å². The van der Waals surface area contributed by atoms with Crippen LogP contribution in [0.2, 0.25) is 5.02 Å². The summed E-state index contributed by atoms with van der Waals surface area (Å²) in [6, 6.07) is 3.66. The number of halogens is 2. The summed E-state index contributed by atoms with van der Waals surface area (Å²) in [6.45, 7) is 0. The highest BCUT2D eigenvalue weighted by Crippen LogP contribution is 2.35. The molecule has 0 atom stereocenters. The Labute approximate surface area is 147 Å². The van der Waals surface area contributed by atoms with E-state index in [1.165, 1.54) is 0 Å². The molecular weight excluding hydrogens is 379 g/mol.